The molecule has 1 aliphatic heterocycles. The van der Waals surface area contributed by atoms with Crippen molar-refractivity contribution in [1.82, 2.24) is 14.9 Å². The second-order valence-electron chi connectivity index (χ2n) is 4.05. The van der Waals surface area contributed by atoms with Crippen molar-refractivity contribution in [3.8, 4) is 0 Å². The van der Waals surface area contributed by atoms with Crippen LogP contribution in [0.5, 0.6) is 0 Å². The average molecular weight is 210 g/mol. The Bertz CT molecular complexity index is 342. The number of hydrogen-bond acceptors (Lipinski definition) is 4. The molecule has 1 atom stereocenters. The Morgan fingerprint density at radius 2 is 2.27 bits per heavy atom. The molecule has 4 nitrogen and oxygen atoms in total. The smallest absolute Gasteiger partial charge is 0.218 e. The summed E-state index contributed by atoms with van der Waals surface area (Å²) >= 11 is 0. The number of nitrogens with zero attached hydrogens (tertiary/aromatic N) is 4. The molecule has 1 fully saturated rings. The highest BCUT2D eigenvalue weighted by atomic mass is 19.1. The van der Waals surface area contributed by atoms with Gasteiger partial charge in [0.1, 0.15) is 12.1 Å². The van der Waals surface area contributed by atoms with E-state index in [-0.39, 0.29) is 0 Å². The van der Waals surface area contributed by atoms with Gasteiger partial charge in [-0.2, -0.15) is 4.39 Å². The lowest BCUT2D eigenvalue weighted by Crippen LogP contribution is -2.31. The largest absolute Gasteiger partial charge is 0.355 e. The van der Waals surface area contributed by atoms with Gasteiger partial charge in [0.05, 0.1) is 0 Å². The van der Waals surface area contributed by atoms with Crippen molar-refractivity contribution in [1.29, 1.82) is 0 Å². The number of rotatable bonds is 2. The molecule has 2 heterocycles. The molecule has 0 aromatic carbocycles. The van der Waals surface area contributed by atoms with Gasteiger partial charge in [-0.15, -0.1) is 0 Å². The Kier molecular flexibility index (Phi) is 2.81. The summed E-state index contributed by atoms with van der Waals surface area (Å²) < 4.78 is 12.9. The fourth-order valence-electron chi connectivity index (χ4n) is 1.87. The van der Waals surface area contributed by atoms with Crippen LogP contribution in [0, 0.1) is 5.95 Å². The molecule has 0 spiro atoms. The van der Waals surface area contributed by atoms with Gasteiger partial charge in [0.2, 0.25) is 5.95 Å². The molecular weight excluding hydrogens is 195 g/mol. The summed E-state index contributed by atoms with van der Waals surface area (Å²) in [6.07, 6.45) is 2.37. The summed E-state index contributed by atoms with van der Waals surface area (Å²) in [6.45, 7) is 1.84. The van der Waals surface area contributed by atoms with Crippen LogP contribution in [0.3, 0.4) is 0 Å². The quantitative estimate of drug-likeness (QED) is 0.674. The first-order valence-corrected chi connectivity index (χ1v) is 5.06. The highest BCUT2D eigenvalue weighted by molar-refractivity contribution is 5.38. The minimum Gasteiger partial charge on any atom is -0.355 e. The molecule has 0 N–H and O–H groups in total. The molecule has 1 aromatic rings. The van der Waals surface area contributed by atoms with E-state index in [1.54, 1.807) is 0 Å². The maximum absolute atomic E-state index is 12.9. The SMILES string of the molecule is CN(C)C1CCN(c2cc(F)ncn2)C1. The van der Waals surface area contributed by atoms with Gasteiger partial charge in [-0.3, -0.25) is 0 Å². The molecule has 0 bridgehead atoms. The molecule has 0 amide bonds. The summed E-state index contributed by atoms with van der Waals surface area (Å²) in [6, 6.07) is 1.92. The lowest BCUT2D eigenvalue weighted by atomic mass is 10.2. The van der Waals surface area contributed by atoms with E-state index < -0.39 is 5.95 Å². The van der Waals surface area contributed by atoms with E-state index in [1.807, 2.05) is 0 Å². The molecule has 0 aliphatic carbocycles. The third-order valence-electron chi connectivity index (χ3n) is 2.84. The number of likely N-dealkylation sites (N-methyl/N-ethyl adjacent to an activating group) is 1. The van der Waals surface area contributed by atoms with Gasteiger partial charge in [-0.25, -0.2) is 9.97 Å². The van der Waals surface area contributed by atoms with Crippen molar-refractivity contribution in [3.05, 3.63) is 18.3 Å². The van der Waals surface area contributed by atoms with Crippen molar-refractivity contribution in [2.45, 2.75) is 12.5 Å². The number of aromatic nitrogens is 2. The Morgan fingerprint density at radius 3 is 2.87 bits per heavy atom. The highest BCUT2D eigenvalue weighted by Gasteiger charge is 2.24. The second-order valence-corrected chi connectivity index (χ2v) is 4.05. The molecule has 0 radical (unpaired) electrons. The molecule has 5 heteroatoms. The molecule has 2 rings (SSSR count). The first kappa shape index (κ1) is 10.3. The van der Waals surface area contributed by atoms with Gasteiger partial charge in [0, 0.05) is 25.2 Å². The van der Waals surface area contributed by atoms with E-state index in [9.17, 15) is 4.39 Å². The van der Waals surface area contributed by atoms with Crippen LogP contribution in [0.25, 0.3) is 0 Å². The fraction of sp³-hybridized carbons (Fsp3) is 0.600. The van der Waals surface area contributed by atoms with E-state index in [2.05, 4.69) is 33.9 Å². The Hall–Kier alpha value is -1.23. The highest BCUT2D eigenvalue weighted by Crippen LogP contribution is 2.19. The summed E-state index contributed by atoms with van der Waals surface area (Å²) in [4.78, 5) is 11.8. The monoisotopic (exact) mass is 210 g/mol. The molecule has 82 valence electrons. The maximum atomic E-state index is 12.9. The molecule has 1 aromatic heterocycles. The van der Waals surface area contributed by atoms with E-state index >= 15 is 0 Å². The van der Waals surface area contributed by atoms with Gasteiger partial charge in [-0.1, -0.05) is 0 Å². The molecule has 15 heavy (non-hydrogen) atoms. The van der Waals surface area contributed by atoms with E-state index in [4.69, 9.17) is 0 Å². The molecule has 1 saturated heterocycles. The lowest BCUT2D eigenvalue weighted by molar-refractivity contribution is 0.315. The third kappa shape index (κ3) is 2.23. The minimum absolute atomic E-state index is 0.465. The molecule has 0 saturated carbocycles. The van der Waals surface area contributed by atoms with Crippen LogP contribution in [0.2, 0.25) is 0 Å². The zero-order valence-electron chi connectivity index (χ0n) is 9.02. The van der Waals surface area contributed by atoms with Crippen LogP contribution in [-0.2, 0) is 0 Å². The van der Waals surface area contributed by atoms with Crippen LogP contribution in [0.4, 0.5) is 10.2 Å². The zero-order chi connectivity index (χ0) is 10.8. The number of hydrogen-bond donors (Lipinski definition) is 0. The topological polar surface area (TPSA) is 32.3 Å². The maximum Gasteiger partial charge on any atom is 0.218 e. The fourth-order valence-corrected chi connectivity index (χ4v) is 1.87. The van der Waals surface area contributed by atoms with Crippen molar-refractivity contribution in [3.63, 3.8) is 0 Å². The predicted molar refractivity (Wildman–Crippen MR) is 56.3 cm³/mol. The zero-order valence-corrected chi connectivity index (χ0v) is 9.02. The number of anilines is 1. The van der Waals surface area contributed by atoms with Crippen LogP contribution in [-0.4, -0.2) is 48.1 Å². The van der Waals surface area contributed by atoms with Crippen molar-refractivity contribution in [2.24, 2.45) is 0 Å². The summed E-state index contributed by atoms with van der Waals surface area (Å²) in [5, 5.41) is 0. The second kappa shape index (κ2) is 4.10. The summed E-state index contributed by atoms with van der Waals surface area (Å²) in [7, 11) is 4.13. The van der Waals surface area contributed by atoms with Crippen molar-refractivity contribution < 1.29 is 4.39 Å². The van der Waals surface area contributed by atoms with Crippen LogP contribution in [0.15, 0.2) is 12.4 Å². The molecular formula is C10H15FN4. The number of halogens is 1. The van der Waals surface area contributed by atoms with Gasteiger partial charge in [0.25, 0.3) is 0 Å². The van der Waals surface area contributed by atoms with Crippen LogP contribution < -0.4 is 4.90 Å². The summed E-state index contributed by atoms with van der Waals surface area (Å²) in [5.41, 5.74) is 0. The first-order valence-electron chi connectivity index (χ1n) is 5.06. The standard InChI is InChI=1S/C10H15FN4/c1-14(2)8-3-4-15(6-8)10-5-9(11)12-7-13-10/h5,7-8H,3-4,6H2,1-2H3. The third-order valence-corrected chi connectivity index (χ3v) is 2.84. The summed E-state index contributed by atoms with van der Waals surface area (Å²) in [5.74, 6) is 0.222. The molecule has 1 aliphatic rings. The Morgan fingerprint density at radius 1 is 1.47 bits per heavy atom. The lowest BCUT2D eigenvalue weighted by Gasteiger charge is -2.20. The first-order chi connectivity index (χ1) is 7.16. The van der Waals surface area contributed by atoms with E-state index in [0.717, 1.165) is 19.5 Å². The van der Waals surface area contributed by atoms with Gasteiger partial charge in [-0.05, 0) is 20.5 Å². The predicted octanol–water partition coefficient (Wildman–Crippen LogP) is 0.756. The van der Waals surface area contributed by atoms with E-state index in [0.29, 0.717) is 11.9 Å². The van der Waals surface area contributed by atoms with E-state index in [1.165, 1.54) is 12.4 Å². The molecule has 1 unspecified atom stereocenters. The van der Waals surface area contributed by atoms with Gasteiger partial charge in [0.15, 0.2) is 0 Å². The Balaban J connectivity index is 2.08. The average Bonchev–Trinajstić information content (AvgIpc) is 2.66. The van der Waals surface area contributed by atoms with Crippen LogP contribution >= 0.6 is 0 Å². The Labute approximate surface area is 88.7 Å². The van der Waals surface area contributed by atoms with Gasteiger partial charge >= 0.3 is 0 Å². The van der Waals surface area contributed by atoms with Crippen molar-refractivity contribution in [2.75, 3.05) is 32.1 Å². The van der Waals surface area contributed by atoms with Crippen molar-refractivity contribution >= 4 is 5.82 Å². The normalized spacial score (nSPS) is 21.3. The van der Waals surface area contributed by atoms with Crippen LogP contribution in [0.1, 0.15) is 6.42 Å². The van der Waals surface area contributed by atoms with Gasteiger partial charge < -0.3 is 9.80 Å². The minimum atomic E-state index is -0.465.